The highest BCUT2D eigenvalue weighted by Gasteiger charge is 2.43. The van der Waals surface area contributed by atoms with Gasteiger partial charge in [0.15, 0.2) is 17.3 Å². The van der Waals surface area contributed by atoms with Crippen LogP contribution >= 0.6 is 0 Å². The summed E-state index contributed by atoms with van der Waals surface area (Å²) in [6.07, 6.45) is 1.46. The zero-order valence-electron chi connectivity index (χ0n) is 14.2. The zero-order valence-corrected chi connectivity index (χ0v) is 14.2. The molecule has 6 nitrogen and oxygen atoms in total. The molecule has 1 aromatic rings. The molecule has 6 heteroatoms. The van der Waals surface area contributed by atoms with Gasteiger partial charge in [-0.2, -0.15) is 0 Å². The highest BCUT2D eigenvalue weighted by Crippen LogP contribution is 2.38. The van der Waals surface area contributed by atoms with Gasteiger partial charge in [-0.25, -0.2) is 0 Å². The molecule has 0 saturated carbocycles. The quantitative estimate of drug-likeness (QED) is 0.829. The number of hydrogen-bond acceptors (Lipinski definition) is 5. The van der Waals surface area contributed by atoms with Crippen LogP contribution in [0.3, 0.4) is 0 Å². The lowest BCUT2D eigenvalue weighted by atomic mass is 9.82. The number of hydrogen-bond donors (Lipinski definition) is 0. The number of nitrogens with zero attached hydrogens (tertiary/aromatic N) is 1. The fourth-order valence-corrected chi connectivity index (χ4v) is 3.64. The molecular formula is C18H23NO5. The summed E-state index contributed by atoms with van der Waals surface area (Å²) in [4.78, 5) is 15.0. The average Bonchev–Trinajstić information content (AvgIpc) is 3.23. The van der Waals surface area contributed by atoms with Gasteiger partial charge in [-0.05, 0) is 31.5 Å². The Morgan fingerprint density at radius 3 is 2.46 bits per heavy atom. The van der Waals surface area contributed by atoms with Gasteiger partial charge in [-0.15, -0.1) is 0 Å². The van der Waals surface area contributed by atoms with E-state index >= 15 is 0 Å². The molecule has 0 atom stereocenters. The minimum atomic E-state index is -0.622. The van der Waals surface area contributed by atoms with Gasteiger partial charge in [0.2, 0.25) is 12.7 Å². The Bertz CT molecular complexity index is 641. The maximum atomic E-state index is 13.1. The first kappa shape index (κ1) is 15.7. The van der Waals surface area contributed by atoms with E-state index in [0.29, 0.717) is 32.1 Å². The van der Waals surface area contributed by atoms with Crippen molar-refractivity contribution in [2.45, 2.75) is 37.9 Å². The minimum Gasteiger partial charge on any atom is -0.454 e. The van der Waals surface area contributed by atoms with Gasteiger partial charge < -0.3 is 23.8 Å². The molecule has 0 aliphatic carbocycles. The predicted molar refractivity (Wildman–Crippen MR) is 86.0 cm³/mol. The van der Waals surface area contributed by atoms with Crippen LogP contribution in [0.25, 0.3) is 0 Å². The molecule has 2 saturated heterocycles. The zero-order chi connectivity index (χ0) is 16.8. The van der Waals surface area contributed by atoms with E-state index in [9.17, 15) is 4.79 Å². The Kier molecular flexibility index (Phi) is 3.69. The molecule has 3 aliphatic rings. The van der Waals surface area contributed by atoms with Crippen LogP contribution in [0.2, 0.25) is 0 Å². The topological polar surface area (TPSA) is 57.2 Å². The molecule has 1 spiro atoms. The van der Waals surface area contributed by atoms with Gasteiger partial charge >= 0.3 is 0 Å². The van der Waals surface area contributed by atoms with E-state index in [1.165, 1.54) is 0 Å². The van der Waals surface area contributed by atoms with E-state index in [0.717, 1.165) is 24.2 Å². The number of fused-ring (bicyclic) bond motifs is 1. The number of likely N-dealkylation sites (tertiary alicyclic amines) is 1. The summed E-state index contributed by atoms with van der Waals surface area (Å²) >= 11 is 0. The van der Waals surface area contributed by atoms with E-state index in [4.69, 9.17) is 18.9 Å². The molecule has 3 aliphatic heterocycles. The molecule has 0 radical (unpaired) electrons. The summed E-state index contributed by atoms with van der Waals surface area (Å²) in [5.74, 6) is 1.10. The third-order valence-electron chi connectivity index (χ3n) is 5.25. The number of piperidine rings is 1. The lowest BCUT2D eigenvalue weighted by Gasteiger charge is -2.40. The van der Waals surface area contributed by atoms with Crippen molar-refractivity contribution in [2.75, 3.05) is 33.1 Å². The molecule has 0 N–H and O–H groups in total. The van der Waals surface area contributed by atoms with E-state index in [1.807, 2.05) is 36.9 Å². The number of benzene rings is 1. The van der Waals surface area contributed by atoms with Crippen LogP contribution < -0.4 is 9.47 Å². The number of carbonyl (C=O) groups is 1. The van der Waals surface area contributed by atoms with Crippen molar-refractivity contribution >= 4 is 5.91 Å². The largest absolute Gasteiger partial charge is 0.454 e. The summed E-state index contributed by atoms with van der Waals surface area (Å²) in [6, 6.07) is 5.73. The first-order valence-corrected chi connectivity index (χ1v) is 8.48. The predicted octanol–water partition coefficient (Wildman–Crippen LogP) is 2.06. The number of ether oxygens (including phenoxy) is 4. The maximum absolute atomic E-state index is 13.1. The van der Waals surface area contributed by atoms with Crippen molar-refractivity contribution < 1.29 is 23.7 Å². The van der Waals surface area contributed by atoms with E-state index in [-0.39, 0.29) is 12.7 Å². The first-order chi connectivity index (χ1) is 11.5. The molecular weight excluding hydrogens is 310 g/mol. The van der Waals surface area contributed by atoms with Crippen molar-refractivity contribution in [3.63, 3.8) is 0 Å². The number of rotatable bonds is 2. The molecule has 1 aromatic carbocycles. The summed E-state index contributed by atoms with van der Waals surface area (Å²) in [7, 11) is 0. The molecule has 0 aromatic heterocycles. The Hall–Kier alpha value is -1.79. The Labute approximate surface area is 141 Å². The van der Waals surface area contributed by atoms with Gasteiger partial charge in [-0.3, -0.25) is 4.79 Å². The standard InChI is InChI=1S/C18H23NO5/c1-17(2,13-3-4-14-15(11-13)22-12-21-14)16(20)19-7-5-18(6-8-19)23-9-10-24-18/h3-4,11H,5-10,12H2,1-2H3. The number of carbonyl (C=O) groups excluding carboxylic acids is 1. The monoisotopic (exact) mass is 333 g/mol. The van der Waals surface area contributed by atoms with Crippen molar-refractivity contribution in [3.05, 3.63) is 23.8 Å². The van der Waals surface area contributed by atoms with Gasteiger partial charge in [0.25, 0.3) is 0 Å². The van der Waals surface area contributed by atoms with E-state index in [1.54, 1.807) is 0 Å². The maximum Gasteiger partial charge on any atom is 0.232 e. The second-order valence-corrected chi connectivity index (χ2v) is 7.09. The highest BCUT2D eigenvalue weighted by atomic mass is 16.7. The first-order valence-electron chi connectivity index (χ1n) is 8.48. The molecule has 24 heavy (non-hydrogen) atoms. The SMILES string of the molecule is CC(C)(C(=O)N1CCC2(CC1)OCCO2)c1ccc2c(c1)OCO2. The summed E-state index contributed by atoms with van der Waals surface area (Å²) in [5.41, 5.74) is 0.313. The minimum absolute atomic E-state index is 0.120. The van der Waals surface area contributed by atoms with Gasteiger partial charge in [0.05, 0.1) is 18.6 Å². The van der Waals surface area contributed by atoms with Crippen molar-refractivity contribution in [3.8, 4) is 11.5 Å². The molecule has 4 rings (SSSR count). The third-order valence-corrected chi connectivity index (χ3v) is 5.25. The Morgan fingerprint density at radius 1 is 1.08 bits per heavy atom. The fourth-order valence-electron chi connectivity index (χ4n) is 3.64. The van der Waals surface area contributed by atoms with Crippen molar-refractivity contribution in [1.82, 2.24) is 4.90 Å². The average molecular weight is 333 g/mol. The third kappa shape index (κ3) is 2.54. The Morgan fingerprint density at radius 2 is 1.75 bits per heavy atom. The van der Waals surface area contributed by atoms with E-state index < -0.39 is 11.2 Å². The summed E-state index contributed by atoms with van der Waals surface area (Å²) in [5, 5.41) is 0. The van der Waals surface area contributed by atoms with Gasteiger partial charge in [0.1, 0.15) is 0 Å². The van der Waals surface area contributed by atoms with E-state index in [2.05, 4.69) is 0 Å². The lowest BCUT2D eigenvalue weighted by molar-refractivity contribution is -0.188. The van der Waals surface area contributed by atoms with Gasteiger partial charge in [-0.1, -0.05) is 6.07 Å². The van der Waals surface area contributed by atoms with Crippen LogP contribution in [0.5, 0.6) is 11.5 Å². The van der Waals surface area contributed by atoms with Crippen LogP contribution in [0.1, 0.15) is 32.3 Å². The molecule has 3 heterocycles. The Balaban J connectivity index is 1.49. The van der Waals surface area contributed by atoms with Crippen molar-refractivity contribution in [1.29, 1.82) is 0 Å². The van der Waals surface area contributed by atoms with Crippen LogP contribution in [0.4, 0.5) is 0 Å². The molecule has 130 valence electrons. The van der Waals surface area contributed by atoms with Crippen LogP contribution in [-0.2, 0) is 19.7 Å². The molecule has 0 bridgehead atoms. The van der Waals surface area contributed by atoms with Crippen LogP contribution in [0, 0.1) is 0 Å². The summed E-state index contributed by atoms with van der Waals surface area (Å²) in [6.45, 7) is 6.77. The van der Waals surface area contributed by atoms with Crippen LogP contribution in [-0.4, -0.2) is 49.7 Å². The van der Waals surface area contributed by atoms with Gasteiger partial charge in [0, 0.05) is 25.9 Å². The second-order valence-electron chi connectivity index (χ2n) is 7.09. The second kappa shape index (κ2) is 5.63. The highest BCUT2D eigenvalue weighted by molar-refractivity contribution is 5.87. The van der Waals surface area contributed by atoms with Crippen molar-refractivity contribution in [2.24, 2.45) is 0 Å². The fraction of sp³-hybridized carbons (Fsp3) is 0.611. The number of amides is 1. The summed E-state index contributed by atoms with van der Waals surface area (Å²) < 4.78 is 22.3. The van der Waals surface area contributed by atoms with Crippen LogP contribution in [0.15, 0.2) is 18.2 Å². The lowest BCUT2D eigenvalue weighted by Crippen LogP contribution is -2.51. The smallest absolute Gasteiger partial charge is 0.232 e. The molecule has 1 amide bonds. The normalized spacial score (nSPS) is 22.2. The molecule has 2 fully saturated rings. The molecule has 0 unspecified atom stereocenters.